The highest BCUT2D eigenvalue weighted by Crippen LogP contribution is 2.41. The second kappa shape index (κ2) is 7.45. The third-order valence-electron chi connectivity index (χ3n) is 5.09. The lowest BCUT2D eigenvalue weighted by Crippen LogP contribution is -2.42. The van der Waals surface area contributed by atoms with Gasteiger partial charge in [-0.15, -0.1) is 0 Å². The standard InChI is InChI=1S/C20H31ClN2O/c1-19(2,3)8-9-20(10-12-22-13-11-20)18(24)15-6-7-17(23(4)5)16(21)14-15/h6-7,14,22H,8-13H2,1-5H3. The van der Waals surface area contributed by atoms with E-state index in [2.05, 4.69) is 26.1 Å². The maximum atomic E-state index is 13.4. The van der Waals surface area contributed by atoms with Gasteiger partial charge in [0, 0.05) is 25.1 Å². The number of halogens is 1. The monoisotopic (exact) mass is 350 g/mol. The van der Waals surface area contributed by atoms with E-state index >= 15 is 0 Å². The van der Waals surface area contributed by atoms with Crippen LogP contribution in [0.4, 0.5) is 5.69 Å². The molecule has 1 fully saturated rings. The Hall–Kier alpha value is -1.06. The first-order valence-electron chi connectivity index (χ1n) is 8.87. The first-order chi connectivity index (χ1) is 11.1. The molecular formula is C20H31ClN2O. The van der Waals surface area contributed by atoms with Crippen molar-refractivity contribution in [1.82, 2.24) is 5.32 Å². The third-order valence-corrected chi connectivity index (χ3v) is 5.39. The second-order valence-corrected chi connectivity index (χ2v) is 8.89. The van der Waals surface area contributed by atoms with Crippen molar-refractivity contribution in [1.29, 1.82) is 0 Å². The van der Waals surface area contributed by atoms with E-state index in [4.69, 9.17) is 11.6 Å². The molecule has 0 saturated carbocycles. The lowest BCUT2D eigenvalue weighted by molar-refractivity contribution is 0.0677. The predicted octanol–water partition coefficient (Wildman–Crippen LogP) is 4.78. The van der Waals surface area contributed by atoms with Gasteiger partial charge in [0.25, 0.3) is 0 Å². The molecule has 1 aromatic rings. The van der Waals surface area contributed by atoms with Crippen molar-refractivity contribution in [2.45, 2.75) is 46.5 Å². The highest BCUT2D eigenvalue weighted by Gasteiger charge is 2.40. The molecule has 1 aliphatic heterocycles. The van der Waals surface area contributed by atoms with E-state index in [-0.39, 0.29) is 16.6 Å². The number of carbonyl (C=O) groups is 1. The Labute approximate surface area is 151 Å². The summed E-state index contributed by atoms with van der Waals surface area (Å²) in [5.41, 5.74) is 1.69. The topological polar surface area (TPSA) is 32.3 Å². The number of nitrogens with one attached hydrogen (secondary N) is 1. The zero-order chi connectivity index (χ0) is 18.0. The summed E-state index contributed by atoms with van der Waals surface area (Å²) in [6, 6.07) is 5.73. The van der Waals surface area contributed by atoms with Gasteiger partial charge in [-0.25, -0.2) is 0 Å². The van der Waals surface area contributed by atoms with Gasteiger partial charge in [0.05, 0.1) is 10.7 Å². The largest absolute Gasteiger partial charge is 0.376 e. The number of rotatable bonds is 5. The van der Waals surface area contributed by atoms with E-state index < -0.39 is 0 Å². The van der Waals surface area contributed by atoms with Gasteiger partial charge in [0.15, 0.2) is 5.78 Å². The van der Waals surface area contributed by atoms with E-state index in [9.17, 15) is 4.79 Å². The molecule has 4 heteroatoms. The van der Waals surface area contributed by atoms with Crippen LogP contribution in [0.15, 0.2) is 18.2 Å². The number of anilines is 1. The van der Waals surface area contributed by atoms with Gasteiger partial charge < -0.3 is 10.2 Å². The maximum Gasteiger partial charge on any atom is 0.169 e. The minimum absolute atomic E-state index is 0.241. The van der Waals surface area contributed by atoms with Crippen LogP contribution in [-0.2, 0) is 0 Å². The van der Waals surface area contributed by atoms with Crippen LogP contribution in [-0.4, -0.2) is 33.0 Å². The molecule has 0 aliphatic carbocycles. The lowest BCUT2D eigenvalue weighted by atomic mass is 9.68. The number of hydrogen-bond acceptors (Lipinski definition) is 3. The predicted molar refractivity (Wildman–Crippen MR) is 103 cm³/mol. The summed E-state index contributed by atoms with van der Waals surface area (Å²) >= 11 is 6.40. The summed E-state index contributed by atoms with van der Waals surface area (Å²) in [6.45, 7) is 8.57. The molecule has 3 nitrogen and oxygen atoms in total. The zero-order valence-electron chi connectivity index (χ0n) is 15.7. The number of benzene rings is 1. The number of ketones is 1. The molecular weight excluding hydrogens is 320 g/mol. The molecule has 0 atom stereocenters. The highest BCUT2D eigenvalue weighted by atomic mass is 35.5. The molecule has 1 aromatic carbocycles. The zero-order valence-corrected chi connectivity index (χ0v) is 16.5. The van der Waals surface area contributed by atoms with E-state index in [1.807, 2.05) is 37.2 Å². The summed E-state index contributed by atoms with van der Waals surface area (Å²) in [5.74, 6) is 0.264. The van der Waals surface area contributed by atoms with Crippen LogP contribution in [0.2, 0.25) is 5.02 Å². The maximum absolute atomic E-state index is 13.4. The molecule has 0 radical (unpaired) electrons. The first kappa shape index (κ1) is 19.3. The Kier molecular flexibility index (Phi) is 5.98. The minimum Gasteiger partial charge on any atom is -0.376 e. The molecule has 1 N–H and O–H groups in total. The van der Waals surface area contributed by atoms with Crippen LogP contribution < -0.4 is 10.2 Å². The molecule has 2 rings (SSSR count). The fraction of sp³-hybridized carbons (Fsp3) is 0.650. The summed E-state index contributed by atoms with van der Waals surface area (Å²) in [7, 11) is 3.92. The summed E-state index contributed by atoms with van der Waals surface area (Å²) in [4.78, 5) is 15.3. The average molecular weight is 351 g/mol. The van der Waals surface area contributed by atoms with Crippen LogP contribution in [0.5, 0.6) is 0 Å². The molecule has 0 bridgehead atoms. The molecule has 0 spiro atoms. The van der Waals surface area contributed by atoms with E-state index in [1.165, 1.54) is 0 Å². The van der Waals surface area contributed by atoms with E-state index in [0.29, 0.717) is 5.02 Å². The van der Waals surface area contributed by atoms with Gasteiger partial charge in [-0.1, -0.05) is 32.4 Å². The van der Waals surface area contributed by atoms with E-state index in [1.54, 1.807) is 0 Å². The van der Waals surface area contributed by atoms with Gasteiger partial charge in [0.2, 0.25) is 0 Å². The number of nitrogens with zero attached hydrogens (tertiary/aromatic N) is 1. The number of piperidine rings is 1. The Balaban J connectivity index is 2.29. The van der Waals surface area contributed by atoms with Crippen molar-refractivity contribution < 1.29 is 4.79 Å². The van der Waals surface area contributed by atoms with Gasteiger partial charge in [0.1, 0.15) is 0 Å². The Morgan fingerprint density at radius 3 is 2.38 bits per heavy atom. The van der Waals surface area contributed by atoms with Crippen molar-refractivity contribution in [3.8, 4) is 0 Å². The quantitative estimate of drug-likeness (QED) is 0.775. The first-order valence-corrected chi connectivity index (χ1v) is 9.25. The van der Waals surface area contributed by atoms with Crippen molar-refractivity contribution in [2.24, 2.45) is 10.8 Å². The molecule has 1 saturated heterocycles. The fourth-order valence-electron chi connectivity index (χ4n) is 3.43. The number of carbonyl (C=O) groups excluding carboxylic acids is 1. The van der Waals surface area contributed by atoms with Crippen LogP contribution in [0.25, 0.3) is 0 Å². The van der Waals surface area contributed by atoms with Crippen LogP contribution in [0.3, 0.4) is 0 Å². The summed E-state index contributed by atoms with van der Waals surface area (Å²) < 4.78 is 0. The third kappa shape index (κ3) is 4.52. The van der Waals surface area contributed by atoms with Crippen LogP contribution in [0, 0.1) is 10.8 Å². The van der Waals surface area contributed by atoms with Gasteiger partial charge >= 0.3 is 0 Å². The molecule has 0 aromatic heterocycles. The molecule has 0 unspecified atom stereocenters. The van der Waals surface area contributed by atoms with Gasteiger partial charge in [-0.2, -0.15) is 0 Å². The fourth-order valence-corrected chi connectivity index (χ4v) is 3.78. The van der Waals surface area contributed by atoms with Crippen molar-refractivity contribution >= 4 is 23.1 Å². The SMILES string of the molecule is CN(C)c1ccc(C(=O)C2(CCC(C)(C)C)CCNCC2)cc1Cl. The van der Waals surface area contributed by atoms with Crippen molar-refractivity contribution in [3.63, 3.8) is 0 Å². The second-order valence-electron chi connectivity index (χ2n) is 8.48. The van der Waals surface area contributed by atoms with Crippen LogP contribution in [0.1, 0.15) is 56.8 Å². The Bertz CT molecular complexity index is 584. The summed E-state index contributed by atoms with van der Waals surface area (Å²) in [6.07, 6.45) is 3.83. The Morgan fingerprint density at radius 2 is 1.88 bits per heavy atom. The normalized spacial score (nSPS) is 17.6. The number of hydrogen-bond donors (Lipinski definition) is 1. The van der Waals surface area contributed by atoms with E-state index in [0.717, 1.165) is 50.0 Å². The number of Topliss-reactive ketones (excluding diaryl/α,β-unsaturated/α-hetero) is 1. The molecule has 1 aliphatic rings. The molecule has 24 heavy (non-hydrogen) atoms. The lowest BCUT2D eigenvalue weighted by Gasteiger charge is -2.38. The van der Waals surface area contributed by atoms with Gasteiger partial charge in [-0.05, 0) is 62.4 Å². The van der Waals surface area contributed by atoms with Crippen LogP contribution >= 0.6 is 11.6 Å². The summed E-state index contributed by atoms with van der Waals surface area (Å²) in [5, 5.41) is 4.04. The smallest absolute Gasteiger partial charge is 0.169 e. The Morgan fingerprint density at radius 1 is 1.25 bits per heavy atom. The van der Waals surface area contributed by atoms with Crippen molar-refractivity contribution in [2.75, 3.05) is 32.1 Å². The molecule has 0 amide bonds. The van der Waals surface area contributed by atoms with Gasteiger partial charge in [-0.3, -0.25) is 4.79 Å². The van der Waals surface area contributed by atoms with Crippen molar-refractivity contribution in [3.05, 3.63) is 28.8 Å². The molecule has 1 heterocycles. The average Bonchev–Trinajstić information content (AvgIpc) is 2.52. The highest BCUT2D eigenvalue weighted by molar-refractivity contribution is 6.33. The molecule has 134 valence electrons. The minimum atomic E-state index is -0.249.